The molecule has 2 N–H and O–H groups in total. The van der Waals surface area contributed by atoms with Gasteiger partial charge in [0.05, 0.1) is 24.9 Å². The molecule has 0 radical (unpaired) electrons. The lowest BCUT2D eigenvalue weighted by molar-refractivity contribution is -0.0922. The molecule has 5 rings (SSSR count). The van der Waals surface area contributed by atoms with Gasteiger partial charge in [-0.25, -0.2) is 19.8 Å². The third kappa shape index (κ3) is 4.80. The number of hydrogen-bond acceptors (Lipinski definition) is 11. The number of alkyl halides is 3. The van der Waals surface area contributed by atoms with E-state index in [9.17, 15) is 18.0 Å². The van der Waals surface area contributed by atoms with Crippen LogP contribution in [0.4, 0.5) is 29.7 Å². The van der Waals surface area contributed by atoms with Crippen molar-refractivity contribution in [1.82, 2.24) is 19.9 Å². The molecule has 3 aliphatic rings. The van der Waals surface area contributed by atoms with E-state index in [1.807, 2.05) is 11.8 Å². The number of nitrogens with zero attached hydrogens (tertiary/aromatic N) is 7. The van der Waals surface area contributed by atoms with Gasteiger partial charge >= 0.3 is 12.3 Å². The molecule has 1 amide bonds. The number of cyclic esters (lactones) is 1. The summed E-state index contributed by atoms with van der Waals surface area (Å²) in [7, 11) is 1.54. The van der Waals surface area contributed by atoms with Crippen molar-refractivity contribution in [2.45, 2.75) is 31.7 Å². The molecule has 37 heavy (non-hydrogen) atoms. The third-order valence-corrected chi connectivity index (χ3v) is 7.17. The average Bonchev–Trinajstić information content (AvgIpc) is 3.52. The first-order chi connectivity index (χ1) is 17.7. The predicted molar refractivity (Wildman–Crippen MR) is 130 cm³/mol. The minimum atomic E-state index is -4.76. The van der Waals surface area contributed by atoms with Gasteiger partial charge in [-0.1, -0.05) is 6.92 Å². The molecule has 2 atom stereocenters. The number of halogens is 3. The van der Waals surface area contributed by atoms with E-state index in [-0.39, 0.29) is 35.5 Å². The van der Waals surface area contributed by atoms with Crippen LogP contribution >= 0.6 is 11.3 Å². The van der Waals surface area contributed by atoms with Gasteiger partial charge in [-0.05, 0) is 6.42 Å². The second kappa shape index (κ2) is 9.78. The molecule has 2 saturated heterocycles. The summed E-state index contributed by atoms with van der Waals surface area (Å²) >= 11 is 1.36. The van der Waals surface area contributed by atoms with Crippen molar-refractivity contribution < 1.29 is 27.4 Å². The zero-order chi connectivity index (χ0) is 26.3. The first-order valence-electron chi connectivity index (χ1n) is 11.6. The van der Waals surface area contributed by atoms with Crippen molar-refractivity contribution in [1.29, 1.82) is 0 Å². The van der Waals surface area contributed by atoms with Gasteiger partial charge in [0.15, 0.2) is 17.8 Å². The van der Waals surface area contributed by atoms with Gasteiger partial charge in [-0.15, -0.1) is 11.3 Å². The Kier molecular flexibility index (Phi) is 6.66. The van der Waals surface area contributed by atoms with Crippen LogP contribution in [0, 0.1) is 0 Å². The van der Waals surface area contributed by atoms with Crippen LogP contribution in [0.25, 0.3) is 5.57 Å². The zero-order valence-corrected chi connectivity index (χ0v) is 20.9. The highest BCUT2D eigenvalue weighted by Crippen LogP contribution is 2.40. The highest BCUT2D eigenvalue weighted by molar-refractivity contribution is 7.09. The maximum atomic E-state index is 14.0. The first-order valence-corrected chi connectivity index (χ1v) is 12.5. The first kappa shape index (κ1) is 25.2. The number of anilines is 2. The monoisotopic (exact) mass is 538 g/mol. The Morgan fingerprint density at radius 3 is 2.65 bits per heavy atom. The maximum Gasteiger partial charge on any atom is 0.433 e. The van der Waals surface area contributed by atoms with Gasteiger partial charge in [0.25, 0.3) is 0 Å². The number of likely N-dealkylation sites (N-methyl/N-ethyl adjacent to an activating group) is 1. The molecule has 5 heterocycles. The highest BCUT2D eigenvalue weighted by atomic mass is 32.1. The van der Waals surface area contributed by atoms with Gasteiger partial charge in [-0.3, -0.25) is 4.90 Å². The highest BCUT2D eigenvalue weighted by Gasteiger charge is 2.45. The Morgan fingerprint density at radius 1 is 1.24 bits per heavy atom. The Bertz CT molecular complexity index is 1230. The van der Waals surface area contributed by atoms with Crippen molar-refractivity contribution in [2.24, 2.45) is 10.7 Å². The minimum absolute atomic E-state index is 0.00210. The summed E-state index contributed by atoms with van der Waals surface area (Å²) < 4.78 is 53.1. The number of ether oxygens (including phenoxy) is 2. The van der Waals surface area contributed by atoms with Crippen LogP contribution in [0.2, 0.25) is 0 Å². The number of morpholine rings is 1. The van der Waals surface area contributed by atoms with Gasteiger partial charge in [0, 0.05) is 49.9 Å². The fraction of sp³-hybridized carbons (Fsp3) is 0.500. The SMILES string of the molecule is CC[C@H]1[C@H](c2nccs2)OC(=O)N1c1cc(C2=C(C(F)(F)F)N=C(N)N(C)C2)nc(N2CCOCC2)n1. The fourth-order valence-corrected chi connectivity index (χ4v) is 5.19. The van der Waals surface area contributed by atoms with Crippen molar-refractivity contribution in [3.63, 3.8) is 0 Å². The van der Waals surface area contributed by atoms with Gasteiger partial charge in [0.2, 0.25) is 5.95 Å². The number of nitrogens with two attached hydrogens (primary N) is 1. The van der Waals surface area contributed by atoms with Crippen LogP contribution < -0.4 is 15.5 Å². The molecule has 11 nitrogen and oxygen atoms in total. The molecule has 3 aliphatic heterocycles. The van der Waals surface area contributed by atoms with E-state index in [0.29, 0.717) is 37.7 Å². The van der Waals surface area contributed by atoms with Crippen molar-refractivity contribution >= 4 is 40.7 Å². The third-order valence-electron chi connectivity index (χ3n) is 6.34. The molecule has 0 unspecified atom stereocenters. The summed E-state index contributed by atoms with van der Waals surface area (Å²) in [5, 5.41) is 2.42. The Labute approximate surface area is 214 Å². The van der Waals surface area contributed by atoms with E-state index >= 15 is 0 Å². The summed E-state index contributed by atoms with van der Waals surface area (Å²) in [5.41, 5.74) is 4.42. The largest absolute Gasteiger partial charge is 0.436 e. The van der Waals surface area contributed by atoms with E-state index < -0.39 is 30.1 Å². The number of hydrogen-bond donors (Lipinski definition) is 1. The summed E-state index contributed by atoms with van der Waals surface area (Å²) in [6.45, 7) is 3.44. The molecule has 0 bridgehead atoms. The van der Waals surface area contributed by atoms with E-state index in [1.165, 1.54) is 27.2 Å². The normalized spacial score (nSPS) is 23.0. The van der Waals surface area contributed by atoms with Crippen LogP contribution in [0.5, 0.6) is 0 Å². The van der Waals surface area contributed by atoms with Crippen molar-refractivity contribution in [3.05, 3.63) is 34.0 Å². The van der Waals surface area contributed by atoms with Gasteiger partial charge in [0.1, 0.15) is 10.8 Å². The predicted octanol–water partition coefficient (Wildman–Crippen LogP) is 2.78. The van der Waals surface area contributed by atoms with Crippen LogP contribution in [0.15, 0.2) is 28.3 Å². The quantitative estimate of drug-likeness (QED) is 0.612. The molecular formula is C22H25F3N8O3S. The summed E-state index contributed by atoms with van der Waals surface area (Å²) in [6.07, 6.45) is -3.92. The Hall–Kier alpha value is -3.46. The molecule has 2 fully saturated rings. The summed E-state index contributed by atoms with van der Waals surface area (Å²) in [6, 6.07) is 0.919. The smallest absolute Gasteiger partial charge is 0.433 e. The average molecular weight is 539 g/mol. The topological polar surface area (TPSA) is 122 Å². The maximum absolute atomic E-state index is 14.0. The molecular weight excluding hydrogens is 513 g/mol. The fourth-order valence-electron chi connectivity index (χ4n) is 4.47. The second-order valence-electron chi connectivity index (χ2n) is 8.68. The lowest BCUT2D eigenvalue weighted by Gasteiger charge is -2.30. The standard InChI is InChI=1S/C22H25F3N8O3S/c1-3-14-16(18-27-4-9-37-18)36-21(34)33(14)15-10-13(28-20(29-15)32-5-7-35-8-6-32)12-11-31(2)19(26)30-17(12)22(23,24)25/h4,9-10,14,16H,3,5-8,11H2,1-2H3,(H2,26,30)/t14-,16+/m0/s1. The lowest BCUT2D eigenvalue weighted by Crippen LogP contribution is -2.40. The second-order valence-corrected chi connectivity index (χ2v) is 9.61. The van der Waals surface area contributed by atoms with Crippen molar-refractivity contribution in [3.8, 4) is 0 Å². The van der Waals surface area contributed by atoms with Crippen LogP contribution in [0.1, 0.15) is 30.2 Å². The number of aromatic nitrogens is 3. The van der Waals surface area contributed by atoms with E-state index in [2.05, 4.69) is 19.9 Å². The Balaban J connectivity index is 1.65. The number of allylic oxidation sites excluding steroid dienone is 1. The van der Waals surface area contributed by atoms with Gasteiger partial charge < -0.3 is 25.0 Å². The molecule has 15 heteroatoms. The molecule has 0 aromatic carbocycles. The Morgan fingerprint density at radius 2 is 2.00 bits per heavy atom. The molecule has 0 spiro atoms. The van der Waals surface area contributed by atoms with Crippen LogP contribution in [-0.2, 0) is 9.47 Å². The summed E-state index contributed by atoms with van der Waals surface area (Å²) in [4.78, 5) is 34.7. The van der Waals surface area contributed by atoms with Crippen LogP contribution in [0.3, 0.4) is 0 Å². The lowest BCUT2D eigenvalue weighted by atomic mass is 10.1. The zero-order valence-electron chi connectivity index (χ0n) is 20.1. The van der Waals surface area contributed by atoms with Crippen LogP contribution in [-0.4, -0.2) is 84.0 Å². The number of thiazole rings is 1. The molecule has 0 aliphatic carbocycles. The van der Waals surface area contributed by atoms with Gasteiger partial charge in [-0.2, -0.15) is 18.2 Å². The number of carbonyl (C=O) groups excluding carboxylic acids is 1. The van der Waals surface area contributed by atoms with E-state index in [4.69, 9.17) is 15.2 Å². The minimum Gasteiger partial charge on any atom is -0.436 e. The molecule has 0 saturated carbocycles. The summed E-state index contributed by atoms with van der Waals surface area (Å²) in [5.74, 6) is 0.0798. The number of aliphatic imine (C=N–C) groups is 1. The number of carbonyl (C=O) groups is 1. The van der Waals surface area contributed by atoms with E-state index in [0.717, 1.165) is 0 Å². The number of guanidine groups is 1. The molecule has 2 aromatic rings. The molecule has 2 aromatic heterocycles. The number of amides is 1. The number of rotatable bonds is 5. The molecule has 198 valence electrons. The van der Waals surface area contributed by atoms with Crippen molar-refractivity contribution in [2.75, 3.05) is 49.7 Å². The van der Waals surface area contributed by atoms with E-state index in [1.54, 1.807) is 18.6 Å².